The smallest absolute Gasteiger partial charge is 0.0806 e. The van der Waals surface area contributed by atoms with Crippen molar-refractivity contribution in [1.29, 1.82) is 0 Å². The van der Waals surface area contributed by atoms with Gasteiger partial charge in [-0.05, 0) is 30.5 Å². The Kier molecular flexibility index (Phi) is 2.83. The van der Waals surface area contributed by atoms with E-state index in [0.29, 0.717) is 0 Å². The fourth-order valence-corrected chi connectivity index (χ4v) is 3.09. The minimum atomic E-state index is -0.192. The molecule has 0 radical (unpaired) electrons. The fraction of sp³-hybridized carbons (Fsp3) is 0.167. The Hall–Kier alpha value is -2.15. The van der Waals surface area contributed by atoms with Crippen LogP contribution in [0, 0.1) is 0 Å². The van der Waals surface area contributed by atoms with E-state index in [1.165, 1.54) is 16.7 Å². The first-order chi connectivity index (χ1) is 9.26. The van der Waals surface area contributed by atoms with E-state index in [0.717, 1.165) is 5.71 Å². The zero-order valence-electron chi connectivity index (χ0n) is 11.3. The van der Waals surface area contributed by atoms with Crippen molar-refractivity contribution in [2.45, 2.75) is 19.3 Å². The molecule has 0 aliphatic carbocycles. The Balaban J connectivity index is 2.30. The summed E-state index contributed by atoms with van der Waals surface area (Å²) in [6.07, 6.45) is 2.00. The molecule has 94 valence electrons. The number of rotatable bonds is 2. The van der Waals surface area contributed by atoms with Gasteiger partial charge in [-0.2, -0.15) is 0 Å². The SMILES string of the molecule is CC1=CN=C(C)C1(c1ccccc1)c1ccccc1. The summed E-state index contributed by atoms with van der Waals surface area (Å²) >= 11 is 0. The van der Waals surface area contributed by atoms with Gasteiger partial charge in [-0.25, -0.2) is 0 Å². The van der Waals surface area contributed by atoms with Crippen molar-refractivity contribution >= 4 is 5.71 Å². The molecule has 0 aromatic heterocycles. The molecule has 0 fully saturated rings. The van der Waals surface area contributed by atoms with E-state index in [-0.39, 0.29) is 5.41 Å². The predicted octanol–water partition coefficient (Wildman–Crippen LogP) is 4.35. The average Bonchev–Trinajstić information content (AvgIpc) is 2.77. The van der Waals surface area contributed by atoms with E-state index >= 15 is 0 Å². The van der Waals surface area contributed by atoms with Gasteiger partial charge in [-0.15, -0.1) is 0 Å². The van der Waals surface area contributed by atoms with E-state index in [4.69, 9.17) is 0 Å². The molecule has 1 aliphatic heterocycles. The number of hydrogen-bond acceptors (Lipinski definition) is 1. The summed E-state index contributed by atoms with van der Waals surface area (Å²) in [6, 6.07) is 21.3. The summed E-state index contributed by atoms with van der Waals surface area (Å²) in [6.45, 7) is 4.28. The van der Waals surface area contributed by atoms with Crippen LogP contribution in [0.4, 0.5) is 0 Å². The van der Waals surface area contributed by atoms with Gasteiger partial charge in [0.25, 0.3) is 0 Å². The molecule has 0 unspecified atom stereocenters. The lowest BCUT2D eigenvalue weighted by molar-refractivity contribution is 0.817. The van der Waals surface area contributed by atoms with Crippen molar-refractivity contribution in [3.63, 3.8) is 0 Å². The molecular weight excluding hydrogens is 230 g/mol. The highest BCUT2D eigenvalue weighted by atomic mass is 14.8. The highest BCUT2D eigenvalue weighted by molar-refractivity contribution is 6.02. The van der Waals surface area contributed by atoms with Crippen LogP contribution < -0.4 is 0 Å². The summed E-state index contributed by atoms with van der Waals surface area (Å²) in [5.74, 6) is 0. The predicted molar refractivity (Wildman–Crippen MR) is 80.5 cm³/mol. The number of hydrogen-bond donors (Lipinski definition) is 0. The van der Waals surface area contributed by atoms with Crippen LogP contribution in [0.1, 0.15) is 25.0 Å². The van der Waals surface area contributed by atoms with Crippen LogP contribution in [0.5, 0.6) is 0 Å². The third-order valence-electron chi connectivity index (χ3n) is 4.00. The zero-order valence-corrected chi connectivity index (χ0v) is 11.3. The second-order valence-electron chi connectivity index (χ2n) is 5.01. The first kappa shape index (κ1) is 11.9. The highest BCUT2D eigenvalue weighted by Gasteiger charge is 2.41. The van der Waals surface area contributed by atoms with Crippen molar-refractivity contribution in [3.8, 4) is 0 Å². The lowest BCUT2D eigenvalue weighted by atomic mass is 9.68. The standard InChI is InChI=1S/C18H17N/c1-14-13-19-15(2)18(14,16-9-5-3-6-10-16)17-11-7-4-8-12-17/h3-13H,1-2H3. The average molecular weight is 247 g/mol. The summed E-state index contributed by atoms with van der Waals surface area (Å²) < 4.78 is 0. The monoisotopic (exact) mass is 247 g/mol. The van der Waals surface area contributed by atoms with E-state index in [1.807, 2.05) is 6.20 Å². The van der Waals surface area contributed by atoms with Gasteiger partial charge >= 0.3 is 0 Å². The van der Waals surface area contributed by atoms with Crippen molar-refractivity contribution in [3.05, 3.63) is 83.6 Å². The third kappa shape index (κ3) is 1.66. The molecule has 1 nitrogen and oxygen atoms in total. The van der Waals surface area contributed by atoms with E-state index in [1.54, 1.807) is 0 Å². The van der Waals surface area contributed by atoms with Crippen molar-refractivity contribution in [2.75, 3.05) is 0 Å². The Morgan fingerprint density at radius 1 is 0.737 bits per heavy atom. The lowest BCUT2D eigenvalue weighted by Crippen LogP contribution is -2.34. The van der Waals surface area contributed by atoms with Crippen LogP contribution >= 0.6 is 0 Å². The van der Waals surface area contributed by atoms with E-state index in [2.05, 4.69) is 79.5 Å². The van der Waals surface area contributed by atoms with Crippen LogP contribution in [0.15, 0.2) is 77.4 Å². The molecule has 1 aliphatic rings. The second kappa shape index (κ2) is 4.51. The van der Waals surface area contributed by atoms with E-state index in [9.17, 15) is 0 Å². The normalized spacial score (nSPS) is 16.9. The molecule has 0 atom stereocenters. The Morgan fingerprint density at radius 3 is 1.58 bits per heavy atom. The Labute approximate surface area is 114 Å². The van der Waals surface area contributed by atoms with Crippen molar-refractivity contribution < 1.29 is 0 Å². The minimum absolute atomic E-state index is 0.192. The Bertz CT molecular complexity index is 576. The number of allylic oxidation sites excluding steroid dienone is 1. The van der Waals surface area contributed by atoms with Crippen molar-refractivity contribution in [2.24, 2.45) is 4.99 Å². The van der Waals surface area contributed by atoms with Crippen LogP contribution in [0.25, 0.3) is 0 Å². The maximum absolute atomic E-state index is 4.58. The maximum atomic E-state index is 4.58. The van der Waals surface area contributed by atoms with Crippen LogP contribution in [0.2, 0.25) is 0 Å². The van der Waals surface area contributed by atoms with Crippen LogP contribution in [0.3, 0.4) is 0 Å². The highest BCUT2D eigenvalue weighted by Crippen LogP contribution is 2.43. The zero-order chi connectivity index (χ0) is 13.3. The molecular formula is C18H17N. The molecule has 0 saturated heterocycles. The molecule has 0 bridgehead atoms. The maximum Gasteiger partial charge on any atom is 0.0806 e. The van der Waals surface area contributed by atoms with Gasteiger partial charge in [0.15, 0.2) is 0 Å². The van der Waals surface area contributed by atoms with E-state index < -0.39 is 0 Å². The van der Waals surface area contributed by atoms with Crippen LogP contribution in [-0.4, -0.2) is 5.71 Å². The number of benzene rings is 2. The van der Waals surface area contributed by atoms with Crippen LogP contribution in [-0.2, 0) is 5.41 Å². The van der Waals surface area contributed by atoms with Gasteiger partial charge in [-0.1, -0.05) is 60.7 Å². The Morgan fingerprint density at radius 2 is 1.21 bits per heavy atom. The molecule has 2 aromatic rings. The summed E-state index contributed by atoms with van der Waals surface area (Å²) in [7, 11) is 0. The topological polar surface area (TPSA) is 12.4 Å². The molecule has 0 spiro atoms. The molecule has 0 amide bonds. The summed E-state index contributed by atoms with van der Waals surface area (Å²) in [5, 5.41) is 0. The number of nitrogens with zero attached hydrogens (tertiary/aromatic N) is 1. The molecule has 1 heterocycles. The first-order valence-corrected chi connectivity index (χ1v) is 6.59. The third-order valence-corrected chi connectivity index (χ3v) is 4.00. The second-order valence-corrected chi connectivity index (χ2v) is 5.01. The van der Waals surface area contributed by atoms with Gasteiger partial charge in [0.05, 0.1) is 5.41 Å². The molecule has 2 aromatic carbocycles. The molecule has 3 rings (SSSR count). The van der Waals surface area contributed by atoms with Gasteiger partial charge < -0.3 is 0 Å². The minimum Gasteiger partial charge on any atom is -0.264 e. The van der Waals surface area contributed by atoms with Gasteiger partial charge in [0.1, 0.15) is 0 Å². The lowest BCUT2D eigenvalue weighted by Gasteiger charge is -2.33. The van der Waals surface area contributed by atoms with Gasteiger partial charge in [-0.3, -0.25) is 4.99 Å². The number of aliphatic imine (C=N–C) groups is 1. The molecule has 0 N–H and O–H groups in total. The largest absolute Gasteiger partial charge is 0.264 e. The molecule has 1 heteroatoms. The fourth-order valence-electron chi connectivity index (χ4n) is 3.09. The van der Waals surface area contributed by atoms with Gasteiger partial charge in [0, 0.05) is 11.9 Å². The summed E-state index contributed by atoms with van der Waals surface area (Å²) in [4.78, 5) is 4.58. The van der Waals surface area contributed by atoms with Crippen molar-refractivity contribution in [1.82, 2.24) is 0 Å². The molecule has 0 saturated carbocycles. The van der Waals surface area contributed by atoms with Gasteiger partial charge in [0.2, 0.25) is 0 Å². The quantitative estimate of drug-likeness (QED) is 0.748. The molecule has 19 heavy (non-hydrogen) atoms. The summed E-state index contributed by atoms with van der Waals surface area (Å²) in [5.41, 5.74) is 4.80. The first-order valence-electron chi connectivity index (χ1n) is 6.59.